The summed E-state index contributed by atoms with van der Waals surface area (Å²) in [6.45, 7) is 8.23. The van der Waals surface area contributed by atoms with Gasteiger partial charge in [0.25, 0.3) is 0 Å². The highest BCUT2D eigenvalue weighted by Gasteiger charge is 2.20. The van der Waals surface area contributed by atoms with Crippen LogP contribution in [0.15, 0.2) is 58.4 Å². The van der Waals surface area contributed by atoms with E-state index in [2.05, 4.69) is 34.2 Å². The molecule has 0 spiro atoms. The van der Waals surface area contributed by atoms with Gasteiger partial charge in [-0.3, -0.25) is 9.79 Å². The van der Waals surface area contributed by atoms with Crippen LogP contribution in [0.2, 0.25) is 0 Å². The standard InChI is InChI=1S/C23H33N5O2/c1-3-24-23(25-12-5-7-14-27-13-6-4-11-22(27)29)28-17-15-26(16-18-28)20-9-8-10-21(19-20)30-2/h4,6,8-11,13,19H,3,5,7,12,14-18H2,1-2H3,(H,24,25). The molecular formula is C23H33N5O2. The zero-order chi connectivity index (χ0) is 21.2. The van der Waals surface area contributed by atoms with Gasteiger partial charge < -0.3 is 24.4 Å². The highest BCUT2D eigenvalue weighted by atomic mass is 16.5. The lowest BCUT2D eigenvalue weighted by Crippen LogP contribution is -2.52. The van der Waals surface area contributed by atoms with Crippen LogP contribution in [0.3, 0.4) is 0 Å². The van der Waals surface area contributed by atoms with Crippen LogP contribution in [0.4, 0.5) is 5.69 Å². The number of nitrogens with zero attached hydrogens (tertiary/aromatic N) is 4. The van der Waals surface area contributed by atoms with Crippen molar-refractivity contribution in [3.8, 4) is 5.75 Å². The fourth-order valence-corrected chi connectivity index (χ4v) is 3.63. The maximum Gasteiger partial charge on any atom is 0.250 e. The zero-order valence-electron chi connectivity index (χ0n) is 18.1. The molecular weight excluding hydrogens is 378 g/mol. The van der Waals surface area contributed by atoms with E-state index in [1.807, 2.05) is 24.4 Å². The number of hydrogen-bond donors (Lipinski definition) is 1. The summed E-state index contributed by atoms with van der Waals surface area (Å²) in [5.74, 6) is 1.88. The Morgan fingerprint density at radius 1 is 1.10 bits per heavy atom. The smallest absolute Gasteiger partial charge is 0.250 e. The molecule has 0 amide bonds. The average molecular weight is 412 g/mol. The number of guanidine groups is 1. The molecule has 2 heterocycles. The van der Waals surface area contributed by atoms with Crippen molar-refractivity contribution in [1.29, 1.82) is 0 Å². The molecule has 30 heavy (non-hydrogen) atoms. The van der Waals surface area contributed by atoms with Crippen LogP contribution in [0.1, 0.15) is 19.8 Å². The Morgan fingerprint density at radius 2 is 1.93 bits per heavy atom. The molecule has 3 rings (SSSR count). The van der Waals surface area contributed by atoms with E-state index in [4.69, 9.17) is 9.73 Å². The number of anilines is 1. The molecule has 1 N–H and O–H groups in total. The Labute approximate surface area is 179 Å². The summed E-state index contributed by atoms with van der Waals surface area (Å²) < 4.78 is 7.11. The van der Waals surface area contributed by atoms with Gasteiger partial charge in [-0.15, -0.1) is 0 Å². The van der Waals surface area contributed by atoms with Gasteiger partial charge in [-0.1, -0.05) is 12.1 Å². The monoisotopic (exact) mass is 411 g/mol. The first kappa shape index (κ1) is 21.7. The molecule has 1 saturated heterocycles. The Bertz CT molecular complexity index is 872. The number of hydrogen-bond acceptors (Lipinski definition) is 4. The number of aromatic nitrogens is 1. The molecule has 1 aliphatic heterocycles. The molecule has 1 aromatic heterocycles. The van der Waals surface area contributed by atoms with E-state index < -0.39 is 0 Å². The quantitative estimate of drug-likeness (QED) is 0.411. The molecule has 2 aromatic rings. The molecule has 0 saturated carbocycles. The van der Waals surface area contributed by atoms with Gasteiger partial charge in [0.1, 0.15) is 5.75 Å². The topological polar surface area (TPSA) is 62.1 Å². The first-order chi connectivity index (χ1) is 14.7. The van der Waals surface area contributed by atoms with Gasteiger partial charge >= 0.3 is 0 Å². The van der Waals surface area contributed by atoms with Crippen molar-refractivity contribution in [3.05, 3.63) is 59.0 Å². The Hall–Kier alpha value is -2.96. The van der Waals surface area contributed by atoms with E-state index in [9.17, 15) is 4.79 Å². The van der Waals surface area contributed by atoms with Crippen molar-refractivity contribution < 1.29 is 4.74 Å². The lowest BCUT2D eigenvalue weighted by Gasteiger charge is -2.37. The number of aliphatic imine (C=N–C) groups is 1. The molecule has 0 radical (unpaired) electrons. The number of rotatable bonds is 8. The molecule has 1 fully saturated rings. The van der Waals surface area contributed by atoms with Crippen molar-refractivity contribution in [2.24, 2.45) is 4.99 Å². The molecule has 0 bridgehead atoms. The van der Waals surface area contributed by atoms with Crippen molar-refractivity contribution in [2.75, 3.05) is 51.3 Å². The SMILES string of the molecule is CCNC(=NCCCCn1ccccc1=O)N1CCN(c2cccc(OC)c2)CC1. The summed E-state index contributed by atoms with van der Waals surface area (Å²) in [5, 5.41) is 3.43. The first-order valence-corrected chi connectivity index (χ1v) is 10.8. The van der Waals surface area contributed by atoms with E-state index >= 15 is 0 Å². The highest BCUT2D eigenvalue weighted by molar-refractivity contribution is 5.80. The molecule has 7 nitrogen and oxygen atoms in total. The minimum absolute atomic E-state index is 0.0586. The zero-order valence-corrected chi connectivity index (χ0v) is 18.1. The second-order valence-corrected chi connectivity index (χ2v) is 7.35. The minimum Gasteiger partial charge on any atom is -0.497 e. The van der Waals surface area contributed by atoms with Crippen LogP contribution < -0.4 is 20.5 Å². The molecule has 1 aromatic carbocycles. The van der Waals surface area contributed by atoms with Gasteiger partial charge in [-0.25, -0.2) is 0 Å². The van der Waals surface area contributed by atoms with E-state index in [1.54, 1.807) is 23.8 Å². The van der Waals surface area contributed by atoms with Crippen molar-refractivity contribution in [1.82, 2.24) is 14.8 Å². The number of unbranched alkanes of at least 4 members (excludes halogenated alkanes) is 1. The summed E-state index contributed by atoms with van der Waals surface area (Å²) in [5.41, 5.74) is 1.26. The molecule has 7 heteroatoms. The molecule has 1 aliphatic rings. The lowest BCUT2D eigenvalue weighted by molar-refractivity contribution is 0.371. The summed E-state index contributed by atoms with van der Waals surface area (Å²) in [6, 6.07) is 13.5. The van der Waals surface area contributed by atoms with E-state index in [0.717, 1.165) is 70.4 Å². The Morgan fingerprint density at radius 3 is 2.67 bits per heavy atom. The summed E-state index contributed by atoms with van der Waals surface area (Å²) >= 11 is 0. The number of ether oxygens (including phenoxy) is 1. The summed E-state index contributed by atoms with van der Waals surface area (Å²) in [4.78, 5) is 21.3. The lowest BCUT2D eigenvalue weighted by atomic mass is 10.2. The van der Waals surface area contributed by atoms with Gasteiger partial charge in [0.05, 0.1) is 7.11 Å². The largest absolute Gasteiger partial charge is 0.497 e. The fourth-order valence-electron chi connectivity index (χ4n) is 3.63. The molecule has 0 unspecified atom stereocenters. The highest BCUT2D eigenvalue weighted by Crippen LogP contribution is 2.22. The van der Waals surface area contributed by atoms with Crippen LogP contribution in [0.5, 0.6) is 5.75 Å². The maximum absolute atomic E-state index is 11.8. The molecule has 162 valence electrons. The van der Waals surface area contributed by atoms with Crippen molar-refractivity contribution in [2.45, 2.75) is 26.3 Å². The number of aryl methyl sites for hydroxylation is 1. The average Bonchev–Trinajstić information content (AvgIpc) is 2.79. The first-order valence-electron chi connectivity index (χ1n) is 10.8. The maximum atomic E-state index is 11.8. The normalized spacial score (nSPS) is 14.7. The third kappa shape index (κ3) is 6.02. The van der Waals surface area contributed by atoms with Crippen LogP contribution in [0, 0.1) is 0 Å². The number of piperazine rings is 1. The van der Waals surface area contributed by atoms with Crippen LogP contribution >= 0.6 is 0 Å². The van der Waals surface area contributed by atoms with Gasteiger partial charge in [-0.05, 0) is 38.0 Å². The predicted molar refractivity (Wildman–Crippen MR) is 123 cm³/mol. The second-order valence-electron chi connectivity index (χ2n) is 7.35. The van der Waals surface area contributed by atoms with E-state index in [0.29, 0.717) is 0 Å². The van der Waals surface area contributed by atoms with E-state index in [1.165, 1.54) is 5.69 Å². The number of methoxy groups -OCH3 is 1. The van der Waals surface area contributed by atoms with Crippen LogP contribution in [-0.4, -0.2) is 61.8 Å². The third-order valence-electron chi connectivity index (χ3n) is 5.30. The van der Waals surface area contributed by atoms with Crippen LogP contribution in [-0.2, 0) is 6.54 Å². The molecule has 0 aliphatic carbocycles. The minimum atomic E-state index is 0.0586. The van der Waals surface area contributed by atoms with Gasteiger partial charge in [0.15, 0.2) is 5.96 Å². The van der Waals surface area contributed by atoms with Gasteiger partial charge in [0, 0.05) is 69.8 Å². The number of pyridine rings is 1. The summed E-state index contributed by atoms with van der Waals surface area (Å²) in [7, 11) is 1.70. The third-order valence-corrected chi connectivity index (χ3v) is 5.30. The van der Waals surface area contributed by atoms with Crippen LogP contribution in [0.25, 0.3) is 0 Å². The Balaban J connectivity index is 1.48. The van der Waals surface area contributed by atoms with Crippen molar-refractivity contribution in [3.63, 3.8) is 0 Å². The summed E-state index contributed by atoms with van der Waals surface area (Å²) in [6.07, 6.45) is 3.74. The fraction of sp³-hybridized carbons (Fsp3) is 0.478. The molecule has 0 atom stereocenters. The second kappa shape index (κ2) is 11.3. The van der Waals surface area contributed by atoms with Gasteiger partial charge in [-0.2, -0.15) is 0 Å². The van der Waals surface area contributed by atoms with E-state index in [-0.39, 0.29) is 5.56 Å². The number of nitrogens with one attached hydrogen (secondary N) is 1. The van der Waals surface area contributed by atoms with Gasteiger partial charge in [0.2, 0.25) is 5.56 Å². The van der Waals surface area contributed by atoms with Crippen molar-refractivity contribution >= 4 is 11.6 Å². The predicted octanol–water partition coefficient (Wildman–Crippen LogP) is 2.42. The Kier molecular flexibility index (Phi) is 8.18. The number of benzene rings is 1.